The molecule has 0 aliphatic rings. The van der Waals surface area contributed by atoms with Crippen molar-refractivity contribution >= 4 is 87.6 Å². The minimum absolute atomic E-state index is 0.527. The standard InChI is InChI=1S/C75H44N4O3/c1-4-18-45(19-5-1)47-34-36-49(37-35-47)74-76-73(48-22-8-3-9-23-48)77-75(78-74)58-29-17-33-68-69(58)63-42-51(53-27-16-28-57-55-25-11-14-31-66(55)80-70(53)57)41-60(72(63)82-68)62-44-52(43-61-56-26-12-15-32-67(56)81-71(61)62)79-64-30-13-10-24-54(64)59-40-50(38-39-65(59)79)46-20-6-2-7-21-46/h1-44H. The van der Waals surface area contributed by atoms with E-state index in [1.54, 1.807) is 0 Å². The zero-order chi connectivity index (χ0) is 53.8. The van der Waals surface area contributed by atoms with Gasteiger partial charge in [-0.2, -0.15) is 0 Å². The van der Waals surface area contributed by atoms with Crippen LogP contribution in [0.2, 0.25) is 0 Å². The largest absolute Gasteiger partial charge is 0.455 e. The summed E-state index contributed by atoms with van der Waals surface area (Å²) in [7, 11) is 0. The third kappa shape index (κ3) is 7.27. The molecule has 0 radical (unpaired) electrons. The highest BCUT2D eigenvalue weighted by molar-refractivity contribution is 6.21. The molecule has 0 saturated carbocycles. The molecule has 0 aliphatic heterocycles. The van der Waals surface area contributed by atoms with Gasteiger partial charge in [-0.1, -0.05) is 206 Å². The van der Waals surface area contributed by atoms with Crippen molar-refractivity contribution in [2.45, 2.75) is 0 Å². The Kier molecular flexibility index (Phi) is 10.2. The van der Waals surface area contributed by atoms with Crippen molar-refractivity contribution in [2.24, 2.45) is 0 Å². The highest BCUT2D eigenvalue weighted by Crippen LogP contribution is 2.48. The summed E-state index contributed by atoms with van der Waals surface area (Å²) in [6, 6.07) is 93.3. The number of nitrogens with zero attached hydrogens (tertiary/aromatic N) is 4. The van der Waals surface area contributed by atoms with Gasteiger partial charge in [0.05, 0.1) is 11.0 Å². The first-order chi connectivity index (χ1) is 40.6. The number of hydrogen-bond donors (Lipinski definition) is 0. The smallest absolute Gasteiger partial charge is 0.164 e. The van der Waals surface area contributed by atoms with E-state index in [9.17, 15) is 0 Å². The molecular weight excluding hydrogens is 1000 g/mol. The van der Waals surface area contributed by atoms with Gasteiger partial charge in [-0.15, -0.1) is 0 Å². The maximum atomic E-state index is 7.32. The molecule has 0 aliphatic carbocycles. The summed E-state index contributed by atoms with van der Waals surface area (Å²) in [5, 5.41) is 8.22. The average Bonchev–Trinajstić information content (AvgIpc) is 3.64. The normalized spacial score (nSPS) is 11.9. The lowest BCUT2D eigenvalue weighted by atomic mass is 9.93. The van der Waals surface area contributed by atoms with E-state index >= 15 is 0 Å². The third-order valence-electron chi connectivity index (χ3n) is 16.3. The van der Waals surface area contributed by atoms with E-state index in [0.29, 0.717) is 28.6 Å². The SMILES string of the molecule is c1ccc(-c2ccc(-c3nc(-c4ccccc4)nc(-c4cccc5oc6c(-c7cc(-n8c9ccccc9c9cc(-c%10ccccc%10)ccc98)cc8c7oc7ccccc78)cc(-c7cccc8c7oc7ccccc78)cc6c45)n3)cc2)cc1. The minimum Gasteiger partial charge on any atom is -0.455 e. The second-order valence-corrected chi connectivity index (χ2v) is 21.0. The lowest BCUT2D eigenvalue weighted by Gasteiger charge is -2.14. The first-order valence-corrected chi connectivity index (χ1v) is 27.6. The molecule has 7 nitrogen and oxygen atoms in total. The number of hydrogen-bond acceptors (Lipinski definition) is 6. The molecule has 0 fully saturated rings. The van der Waals surface area contributed by atoms with Gasteiger partial charge in [-0.05, 0) is 88.5 Å². The highest BCUT2D eigenvalue weighted by atomic mass is 16.3. The molecule has 17 aromatic rings. The van der Waals surface area contributed by atoms with Crippen LogP contribution in [0, 0.1) is 0 Å². The van der Waals surface area contributed by atoms with Crippen LogP contribution in [-0.2, 0) is 0 Å². The fourth-order valence-corrected chi connectivity index (χ4v) is 12.4. The fraction of sp³-hybridized carbons (Fsp3) is 0. The molecule has 0 bridgehead atoms. The van der Waals surface area contributed by atoms with Gasteiger partial charge in [0.25, 0.3) is 0 Å². The predicted octanol–water partition coefficient (Wildman–Crippen LogP) is 20.3. The Bertz CT molecular complexity index is 5380. The molecule has 0 atom stereocenters. The van der Waals surface area contributed by atoms with Crippen LogP contribution in [0.25, 0.3) is 172 Å². The summed E-state index contributed by atoms with van der Waals surface area (Å²) in [6.45, 7) is 0. The summed E-state index contributed by atoms with van der Waals surface area (Å²) in [5.41, 5.74) is 18.6. The quantitative estimate of drug-likeness (QED) is 0.151. The van der Waals surface area contributed by atoms with Gasteiger partial charge < -0.3 is 17.8 Å². The Hall–Kier alpha value is -11.2. The van der Waals surface area contributed by atoms with Crippen LogP contribution in [0.1, 0.15) is 0 Å². The molecule has 17 rings (SSSR count). The molecule has 0 unspecified atom stereocenters. The molecule has 12 aromatic carbocycles. The number of para-hydroxylation sites is 4. The number of benzene rings is 12. The lowest BCUT2D eigenvalue weighted by Crippen LogP contribution is -2.00. The van der Waals surface area contributed by atoms with Crippen LogP contribution >= 0.6 is 0 Å². The number of fused-ring (bicyclic) bond motifs is 12. The molecule has 0 N–H and O–H groups in total. The molecule has 382 valence electrons. The highest BCUT2D eigenvalue weighted by Gasteiger charge is 2.26. The molecule has 5 aromatic heterocycles. The molecule has 82 heavy (non-hydrogen) atoms. The first-order valence-electron chi connectivity index (χ1n) is 27.6. The van der Waals surface area contributed by atoms with Crippen molar-refractivity contribution in [3.05, 3.63) is 267 Å². The van der Waals surface area contributed by atoms with Crippen LogP contribution in [0.5, 0.6) is 0 Å². The lowest BCUT2D eigenvalue weighted by molar-refractivity contribution is 0.665. The zero-order valence-corrected chi connectivity index (χ0v) is 43.9. The monoisotopic (exact) mass is 1050 g/mol. The Morgan fingerprint density at radius 1 is 0.244 bits per heavy atom. The Morgan fingerprint density at radius 3 is 1.44 bits per heavy atom. The third-order valence-corrected chi connectivity index (χ3v) is 16.3. The molecular formula is C75H44N4O3. The summed E-state index contributed by atoms with van der Waals surface area (Å²) in [5.74, 6) is 1.66. The molecule has 5 heterocycles. The van der Waals surface area contributed by atoms with Crippen molar-refractivity contribution < 1.29 is 13.3 Å². The van der Waals surface area contributed by atoms with Gasteiger partial charge in [0, 0.05) is 82.2 Å². The van der Waals surface area contributed by atoms with Crippen LogP contribution < -0.4 is 0 Å². The van der Waals surface area contributed by atoms with Gasteiger partial charge in [0.15, 0.2) is 17.5 Å². The van der Waals surface area contributed by atoms with Crippen LogP contribution in [0.4, 0.5) is 0 Å². The number of aromatic nitrogens is 4. The first kappa shape index (κ1) is 45.8. The minimum atomic E-state index is 0.527. The Labute approximate surface area is 469 Å². The number of furan rings is 3. The maximum Gasteiger partial charge on any atom is 0.164 e. The molecule has 0 spiro atoms. The van der Waals surface area contributed by atoms with Crippen molar-refractivity contribution in [1.29, 1.82) is 0 Å². The van der Waals surface area contributed by atoms with Crippen LogP contribution in [0.3, 0.4) is 0 Å². The maximum absolute atomic E-state index is 7.32. The molecule has 0 saturated heterocycles. The van der Waals surface area contributed by atoms with E-state index in [4.69, 9.17) is 28.2 Å². The predicted molar refractivity (Wildman–Crippen MR) is 334 cm³/mol. The Balaban J connectivity index is 0.948. The summed E-state index contributed by atoms with van der Waals surface area (Å²) in [4.78, 5) is 15.8. The molecule has 0 amide bonds. The van der Waals surface area contributed by atoms with Gasteiger partial charge >= 0.3 is 0 Å². The van der Waals surface area contributed by atoms with E-state index in [0.717, 1.165) is 127 Å². The van der Waals surface area contributed by atoms with Crippen LogP contribution in [0.15, 0.2) is 280 Å². The Morgan fingerprint density at radius 2 is 0.707 bits per heavy atom. The van der Waals surface area contributed by atoms with Crippen molar-refractivity contribution in [1.82, 2.24) is 19.5 Å². The van der Waals surface area contributed by atoms with Crippen molar-refractivity contribution in [2.75, 3.05) is 0 Å². The van der Waals surface area contributed by atoms with E-state index < -0.39 is 0 Å². The molecule has 7 heteroatoms. The van der Waals surface area contributed by atoms with Gasteiger partial charge in [0.1, 0.15) is 33.5 Å². The van der Waals surface area contributed by atoms with Crippen molar-refractivity contribution in [3.8, 4) is 84.4 Å². The van der Waals surface area contributed by atoms with Crippen molar-refractivity contribution in [3.63, 3.8) is 0 Å². The topological polar surface area (TPSA) is 83.0 Å². The zero-order valence-electron chi connectivity index (χ0n) is 43.9. The van der Waals surface area contributed by atoms with Gasteiger partial charge in [-0.3, -0.25) is 0 Å². The second kappa shape index (κ2) is 18.2. The van der Waals surface area contributed by atoms with E-state index in [1.165, 1.54) is 16.3 Å². The van der Waals surface area contributed by atoms with E-state index in [1.807, 2.05) is 66.7 Å². The number of rotatable bonds is 8. The van der Waals surface area contributed by atoms with Gasteiger partial charge in [-0.25, -0.2) is 15.0 Å². The second-order valence-electron chi connectivity index (χ2n) is 21.0. The van der Waals surface area contributed by atoms with E-state index in [-0.39, 0.29) is 0 Å². The summed E-state index contributed by atoms with van der Waals surface area (Å²) >= 11 is 0. The average molecular weight is 1050 g/mol. The van der Waals surface area contributed by atoms with E-state index in [2.05, 4.69) is 205 Å². The van der Waals surface area contributed by atoms with Crippen LogP contribution in [-0.4, -0.2) is 19.5 Å². The van der Waals surface area contributed by atoms with Gasteiger partial charge in [0.2, 0.25) is 0 Å². The summed E-state index contributed by atoms with van der Waals surface area (Å²) < 4.78 is 23.6. The summed E-state index contributed by atoms with van der Waals surface area (Å²) in [6.07, 6.45) is 0. The fourth-order valence-electron chi connectivity index (χ4n) is 12.4.